The average Bonchev–Trinajstić information content (AvgIpc) is 2.52. The molecule has 6 nitrogen and oxygen atoms in total. The fourth-order valence-electron chi connectivity index (χ4n) is 5.28. The van der Waals surface area contributed by atoms with Crippen molar-refractivity contribution in [2.24, 2.45) is 0 Å². The van der Waals surface area contributed by atoms with Crippen molar-refractivity contribution in [2.45, 2.75) is 128 Å². The van der Waals surface area contributed by atoms with E-state index in [1.165, 1.54) is 10.1 Å². The van der Waals surface area contributed by atoms with Crippen molar-refractivity contribution in [1.29, 1.82) is 0 Å². The first kappa shape index (κ1) is 24.0. The number of ether oxygens (including phenoxy) is 2. The third-order valence-electron chi connectivity index (χ3n) is 6.35. The smallest absolute Gasteiger partial charge is 0.0611 e. The summed E-state index contributed by atoms with van der Waals surface area (Å²) in [5.41, 5.74) is -1.53. The molecule has 0 aliphatic carbocycles. The predicted molar refractivity (Wildman–Crippen MR) is 109 cm³/mol. The number of piperidine rings is 2. The quantitative estimate of drug-likeness (QED) is 0.591. The van der Waals surface area contributed by atoms with Crippen molar-refractivity contribution in [3.63, 3.8) is 0 Å². The molecule has 2 aliphatic rings. The van der Waals surface area contributed by atoms with E-state index in [0.29, 0.717) is 13.2 Å². The first-order valence-corrected chi connectivity index (χ1v) is 10.9. The molecule has 2 fully saturated rings. The highest BCUT2D eigenvalue weighted by atomic mass is 16.5. The second-order valence-electron chi connectivity index (χ2n) is 11.3. The van der Waals surface area contributed by atoms with E-state index in [9.17, 15) is 10.4 Å². The zero-order chi connectivity index (χ0) is 21.4. The summed E-state index contributed by atoms with van der Waals surface area (Å²) in [6, 6.07) is 0. The molecule has 0 aromatic carbocycles. The van der Waals surface area contributed by atoms with Gasteiger partial charge in [-0.25, -0.2) is 0 Å². The Labute approximate surface area is 172 Å². The van der Waals surface area contributed by atoms with Crippen LogP contribution in [0.25, 0.3) is 0 Å². The molecule has 0 N–H and O–H groups in total. The van der Waals surface area contributed by atoms with E-state index in [1.54, 1.807) is 0 Å². The summed E-state index contributed by atoms with van der Waals surface area (Å²) in [4.78, 5) is 0. The van der Waals surface area contributed by atoms with Crippen molar-refractivity contribution in [3.8, 4) is 0 Å². The minimum absolute atomic E-state index is 0.138. The molecule has 0 aromatic rings. The van der Waals surface area contributed by atoms with Crippen LogP contribution in [0.3, 0.4) is 0 Å². The van der Waals surface area contributed by atoms with Crippen molar-refractivity contribution in [1.82, 2.24) is 10.1 Å². The first-order valence-electron chi connectivity index (χ1n) is 10.9. The predicted octanol–water partition coefficient (Wildman–Crippen LogP) is 4.53. The van der Waals surface area contributed by atoms with Crippen LogP contribution >= 0.6 is 0 Å². The minimum Gasteiger partial charge on any atom is -0.378 e. The van der Waals surface area contributed by atoms with E-state index >= 15 is 0 Å². The molecule has 2 heterocycles. The van der Waals surface area contributed by atoms with Gasteiger partial charge in [0.05, 0.1) is 12.2 Å². The Morgan fingerprint density at radius 2 is 0.857 bits per heavy atom. The maximum atomic E-state index is 12.4. The zero-order valence-electron chi connectivity index (χ0n) is 19.3. The van der Waals surface area contributed by atoms with Crippen LogP contribution in [0.2, 0.25) is 0 Å². The monoisotopic (exact) mass is 398 g/mol. The lowest BCUT2D eigenvalue weighted by Gasteiger charge is -2.49. The van der Waals surface area contributed by atoms with Gasteiger partial charge in [0.25, 0.3) is 0 Å². The van der Waals surface area contributed by atoms with Crippen LogP contribution in [-0.4, -0.2) is 57.7 Å². The normalized spacial score (nSPS) is 28.5. The average molecular weight is 399 g/mol. The third kappa shape index (κ3) is 5.67. The van der Waals surface area contributed by atoms with Crippen LogP contribution in [0.15, 0.2) is 0 Å². The highest BCUT2D eigenvalue weighted by Crippen LogP contribution is 2.39. The van der Waals surface area contributed by atoms with E-state index < -0.39 is 0 Å². The van der Waals surface area contributed by atoms with Gasteiger partial charge < -0.3 is 9.47 Å². The number of hydrogen-bond acceptors (Lipinski definition) is 4. The fourth-order valence-corrected chi connectivity index (χ4v) is 5.28. The fraction of sp³-hybridized carbons (Fsp3) is 1.00. The van der Waals surface area contributed by atoms with Crippen LogP contribution < -0.4 is 0 Å². The Hall–Kier alpha value is -0.240. The van der Waals surface area contributed by atoms with Gasteiger partial charge in [0.2, 0.25) is 0 Å². The Bertz CT molecular complexity index is 437. The van der Waals surface area contributed by atoms with Crippen molar-refractivity contribution in [2.75, 3.05) is 13.2 Å². The Morgan fingerprint density at radius 1 is 0.607 bits per heavy atom. The number of unbranched alkanes of at least 4 members (excludes halogenated alkanes) is 1. The molecule has 0 atom stereocenters. The summed E-state index contributed by atoms with van der Waals surface area (Å²) in [5, 5.41) is 27.3. The summed E-state index contributed by atoms with van der Waals surface area (Å²) >= 11 is 0. The summed E-state index contributed by atoms with van der Waals surface area (Å²) in [5.74, 6) is 0. The molecule has 2 saturated heterocycles. The summed E-state index contributed by atoms with van der Waals surface area (Å²) in [7, 11) is 0. The molecule has 0 spiro atoms. The molecule has 0 unspecified atom stereocenters. The van der Waals surface area contributed by atoms with E-state index in [-0.39, 0.29) is 34.4 Å². The minimum atomic E-state index is -0.383. The van der Waals surface area contributed by atoms with Crippen molar-refractivity contribution >= 4 is 0 Å². The van der Waals surface area contributed by atoms with E-state index in [4.69, 9.17) is 9.47 Å². The van der Waals surface area contributed by atoms with E-state index in [1.807, 2.05) is 55.4 Å². The molecule has 0 bridgehead atoms. The summed E-state index contributed by atoms with van der Waals surface area (Å²) in [6.45, 7) is 17.4. The first-order chi connectivity index (χ1) is 12.7. The zero-order valence-corrected chi connectivity index (χ0v) is 19.3. The highest BCUT2D eigenvalue weighted by Gasteiger charge is 2.47. The topological polar surface area (TPSA) is 64.7 Å². The molecule has 6 heteroatoms. The van der Waals surface area contributed by atoms with Crippen LogP contribution in [0.4, 0.5) is 0 Å². The van der Waals surface area contributed by atoms with Gasteiger partial charge in [-0.05, 0) is 93.9 Å². The van der Waals surface area contributed by atoms with Crippen LogP contribution in [0.1, 0.15) is 93.9 Å². The Morgan fingerprint density at radius 3 is 1.11 bits per heavy atom. The lowest BCUT2D eigenvalue weighted by atomic mass is 9.80. The summed E-state index contributed by atoms with van der Waals surface area (Å²) in [6.07, 6.45) is 5.26. The van der Waals surface area contributed by atoms with Crippen LogP contribution in [0, 0.1) is 0 Å². The molecule has 164 valence electrons. The number of rotatable bonds is 7. The molecule has 0 saturated carbocycles. The van der Waals surface area contributed by atoms with Gasteiger partial charge in [-0.15, -0.1) is 20.5 Å². The van der Waals surface area contributed by atoms with E-state index in [0.717, 1.165) is 38.5 Å². The van der Waals surface area contributed by atoms with Gasteiger partial charge in [0.1, 0.15) is 0 Å². The van der Waals surface area contributed by atoms with Crippen LogP contribution in [0.5, 0.6) is 0 Å². The Balaban J connectivity index is 1.67. The molecular formula is C22H42N2O4. The number of hydroxylamine groups is 4. The molecule has 0 amide bonds. The second kappa shape index (κ2) is 8.48. The lowest BCUT2D eigenvalue weighted by molar-refractivity contribution is -0.301. The number of nitrogens with zero attached hydrogens (tertiary/aromatic N) is 2. The molecule has 2 aliphatic heterocycles. The maximum Gasteiger partial charge on any atom is 0.0611 e. The second-order valence-corrected chi connectivity index (χ2v) is 11.3. The standard InChI is InChI=1S/C22H42N2O4/c1-19(2)13-17(14-20(3,4)23(19)25)27-11-9-10-12-28-18-15-21(5,6)24(26)22(7,8)16-18/h17-18H,9-16H2,1-8H3. The van der Waals surface area contributed by atoms with Crippen molar-refractivity contribution < 1.29 is 19.9 Å². The van der Waals surface area contributed by atoms with Gasteiger partial charge in [-0.2, -0.15) is 0 Å². The van der Waals surface area contributed by atoms with Gasteiger partial charge in [-0.3, -0.25) is 0 Å². The molecule has 28 heavy (non-hydrogen) atoms. The van der Waals surface area contributed by atoms with Gasteiger partial charge in [0, 0.05) is 35.4 Å². The largest absolute Gasteiger partial charge is 0.378 e. The van der Waals surface area contributed by atoms with Crippen LogP contribution in [-0.2, 0) is 19.9 Å². The SMILES string of the molecule is CC1(C)CC(OCCCCOC2CC(C)(C)N([O])C(C)(C)C2)CC(C)(C)N1[O]. The van der Waals surface area contributed by atoms with Gasteiger partial charge in [0.15, 0.2) is 0 Å². The summed E-state index contributed by atoms with van der Waals surface area (Å²) < 4.78 is 12.2. The molecule has 2 rings (SSSR count). The molecular weight excluding hydrogens is 356 g/mol. The van der Waals surface area contributed by atoms with Gasteiger partial charge in [-0.1, -0.05) is 0 Å². The lowest BCUT2D eigenvalue weighted by Crippen LogP contribution is -2.60. The molecule has 0 aromatic heterocycles. The van der Waals surface area contributed by atoms with E-state index in [2.05, 4.69) is 0 Å². The highest BCUT2D eigenvalue weighted by molar-refractivity contribution is 4.97. The Kier molecular flexibility index (Phi) is 7.28. The molecule has 2 radical (unpaired) electrons. The maximum absolute atomic E-state index is 12.4. The van der Waals surface area contributed by atoms with Gasteiger partial charge >= 0.3 is 0 Å². The van der Waals surface area contributed by atoms with Crippen molar-refractivity contribution in [3.05, 3.63) is 0 Å². The number of hydrogen-bond donors (Lipinski definition) is 0. The third-order valence-corrected chi connectivity index (χ3v) is 6.35.